The maximum atomic E-state index is 11.9. The van der Waals surface area contributed by atoms with Crippen molar-refractivity contribution >= 4 is 34.5 Å². The van der Waals surface area contributed by atoms with E-state index < -0.39 is 0 Å². The summed E-state index contributed by atoms with van der Waals surface area (Å²) in [7, 11) is 0. The average Bonchev–Trinajstić information content (AvgIpc) is 2.93. The molecule has 7 heteroatoms. The number of nitrogens with zero attached hydrogens (tertiary/aromatic N) is 2. The van der Waals surface area contributed by atoms with Gasteiger partial charge in [0.15, 0.2) is 0 Å². The number of phenols is 1. The fourth-order valence-electron chi connectivity index (χ4n) is 2.75. The number of rotatable bonds is 5. The smallest absolute Gasteiger partial charge is 0.248 e. The number of fused-ring (bicyclic) bond motifs is 1. The Morgan fingerprint density at radius 1 is 1.36 bits per heavy atom. The summed E-state index contributed by atoms with van der Waals surface area (Å²) in [6.07, 6.45) is 1.95. The van der Waals surface area contributed by atoms with Gasteiger partial charge in [-0.25, -0.2) is 10.9 Å². The van der Waals surface area contributed by atoms with Crippen LogP contribution in [-0.4, -0.2) is 28.8 Å². The fraction of sp³-hybridized carbons (Fsp3) is 0.222. The molecule has 3 N–H and O–H groups in total. The molecular formula is C18H18N4O3. The minimum Gasteiger partial charge on any atom is -0.507 e. The van der Waals surface area contributed by atoms with E-state index in [1.165, 1.54) is 6.21 Å². The molecule has 0 fully saturated rings. The number of aromatic hydroxyl groups is 1. The van der Waals surface area contributed by atoms with E-state index in [0.29, 0.717) is 17.7 Å². The monoisotopic (exact) mass is 338 g/mol. The second-order valence-electron chi connectivity index (χ2n) is 5.83. The Hall–Kier alpha value is -3.22. The highest BCUT2D eigenvalue weighted by Gasteiger charge is 2.26. The molecular weight excluding hydrogens is 320 g/mol. The van der Waals surface area contributed by atoms with Crippen molar-refractivity contribution in [1.82, 2.24) is 10.9 Å². The minimum atomic E-state index is -0.364. The third kappa shape index (κ3) is 3.65. The molecule has 3 rings (SSSR count). The van der Waals surface area contributed by atoms with Crippen molar-refractivity contribution in [3.8, 4) is 5.75 Å². The van der Waals surface area contributed by atoms with Crippen LogP contribution in [0, 0.1) is 5.92 Å². The SMILES string of the molecule is CC1=NNC(=O)[C@@H]1CCC(=O)N/N=C\c1c(O)ccc2ccccc12. The first-order valence-electron chi connectivity index (χ1n) is 7.93. The molecule has 1 aliphatic heterocycles. The number of benzene rings is 2. The number of nitrogens with one attached hydrogen (secondary N) is 2. The lowest BCUT2D eigenvalue weighted by atomic mass is 9.99. The first-order chi connectivity index (χ1) is 12.1. The maximum absolute atomic E-state index is 11.9. The van der Waals surface area contributed by atoms with Gasteiger partial charge in [-0.1, -0.05) is 30.3 Å². The lowest BCUT2D eigenvalue weighted by molar-refractivity contribution is -0.123. The number of carbonyl (C=O) groups is 2. The Kier molecular flexibility index (Phi) is 4.74. The third-order valence-electron chi connectivity index (χ3n) is 4.15. The fourth-order valence-corrected chi connectivity index (χ4v) is 2.75. The molecule has 2 amide bonds. The summed E-state index contributed by atoms with van der Waals surface area (Å²) in [4.78, 5) is 23.4. The number of carbonyl (C=O) groups excluding carboxylic acids is 2. The van der Waals surface area contributed by atoms with Crippen LogP contribution in [-0.2, 0) is 9.59 Å². The molecule has 1 atom stereocenters. The number of hydrazone groups is 2. The van der Waals surface area contributed by atoms with Crippen LogP contribution in [0.2, 0.25) is 0 Å². The van der Waals surface area contributed by atoms with E-state index >= 15 is 0 Å². The molecule has 7 nitrogen and oxygen atoms in total. The van der Waals surface area contributed by atoms with E-state index in [0.717, 1.165) is 10.8 Å². The zero-order chi connectivity index (χ0) is 17.8. The Morgan fingerprint density at radius 2 is 2.16 bits per heavy atom. The van der Waals surface area contributed by atoms with Crippen LogP contribution in [0.3, 0.4) is 0 Å². The topological polar surface area (TPSA) is 103 Å². The highest BCUT2D eigenvalue weighted by Crippen LogP contribution is 2.25. The van der Waals surface area contributed by atoms with E-state index in [9.17, 15) is 14.7 Å². The largest absolute Gasteiger partial charge is 0.507 e. The van der Waals surface area contributed by atoms with Gasteiger partial charge in [-0.2, -0.15) is 10.2 Å². The first kappa shape index (κ1) is 16.6. The van der Waals surface area contributed by atoms with Gasteiger partial charge in [0.25, 0.3) is 0 Å². The summed E-state index contributed by atoms with van der Waals surface area (Å²) >= 11 is 0. The molecule has 1 heterocycles. The normalized spacial score (nSPS) is 16.9. The summed E-state index contributed by atoms with van der Waals surface area (Å²) in [6.45, 7) is 1.75. The molecule has 25 heavy (non-hydrogen) atoms. The molecule has 0 saturated heterocycles. The van der Waals surface area contributed by atoms with Gasteiger partial charge >= 0.3 is 0 Å². The highest BCUT2D eigenvalue weighted by molar-refractivity contribution is 6.07. The van der Waals surface area contributed by atoms with Crippen LogP contribution in [0.5, 0.6) is 5.75 Å². The van der Waals surface area contributed by atoms with Gasteiger partial charge in [0.2, 0.25) is 11.8 Å². The number of amides is 2. The quantitative estimate of drug-likeness (QED) is 0.573. The molecule has 2 aromatic rings. The standard InChI is InChI=1S/C18H18N4O3/c1-11-13(18(25)22-20-11)7-9-17(24)21-19-10-15-14-5-3-2-4-12(14)6-8-16(15)23/h2-6,8,10,13,23H,7,9H2,1H3,(H,21,24)(H,22,25)/b19-10-/t13-/m1/s1. The summed E-state index contributed by atoms with van der Waals surface area (Å²) in [6, 6.07) is 11.0. The Morgan fingerprint density at radius 3 is 2.92 bits per heavy atom. The zero-order valence-electron chi connectivity index (χ0n) is 13.7. The lowest BCUT2D eigenvalue weighted by Gasteiger charge is -2.07. The van der Waals surface area contributed by atoms with E-state index in [1.807, 2.05) is 30.3 Å². The van der Waals surface area contributed by atoms with Crippen molar-refractivity contribution in [3.05, 3.63) is 42.0 Å². The van der Waals surface area contributed by atoms with E-state index in [1.54, 1.807) is 13.0 Å². The molecule has 1 aliphatic rings. The molecule has 0 unspecified atom stereocenters. The predicted octanol–water partition coefficient (Wildman–Crippen LogP) is 1.90. The van der Waals surface area contributed by atoms with E-state index in [4.69, 9.17) is 0 Å². The van der Waals surface area contributed by atoms with Crippen LogP contribution in [0.15, 0.2) is 46.6 Å². The van der Waals surface area contributed by atoms with Gasteiger partial charge in [0.05, 0.1) is 12.1 Å². The highest BCUT2D eigenvalue weighted by atomic mass is 16.3. The average molecular weight is 338 g/mol. The Balaban J connectivity index is 1.62. The van der Waals surface area contributed by atoms with Crippen molar-refractivity contribution in [2.75, 3.05) is 0 Å². The van der Waals surface area contributed by atoms with Gasteiger partial charge in [0, 0.05) is 17.7 Å². The van der Waals surface area contributed by atoms with Crippen molar-refractivity contribution in [2.24, 2.45) is 16.1 Å². The van der Waals surface area contributed by atoms with Crippen LogP contribution in [0.4, 0.5) is 0 Å². The Labute approximate surface area is 144 Å². The van der Waals surface area contributed by atoms with E-state index in [-0.39, 0.29) is 29.9 Å². The van der Waals surface area contributed by atoms with Crippen LogP contribution in [0.1, 0.15) is 25.3 Å². The number of hydrogen-bond acceptors (Lipinski definition) is 5. The van der Waals surface area contributed by atoms with Crippen LogP contribution in [0.25, 0.3) is 10.8 Å². The molecule has 2 aromatic carbocycles. The second kappa shape index (κ2) is 7.12. The Bertz CT molecular complexity index is 889. The summed E-state index contributed by atoms with van der Waals surface area (Å²) in [5.41, 5.74) is 6.04. The maximum Gasteiger partial charge on any atom is 0.248 e. The van der Waals surface area contributed by atoms with Gasteiger partial charge in [0.1, 0.15) is 5.75 Å². The summed E-state index contributed by atoms with van der Waals surface area (Å²) < 4.78 is 0. The zero-order valence-corrected chi connectivity index (χ0v) is 13.7. The van der Waals surface area contributed by atoms with Gasteiger partial charge in [-0.15, -0.1) is 0 Å². The number of hydrogen-bond donors (Lipinski definition) is 3. The molecule has 128 valence electrons. The van der Waals surface area contributed by atoms with Gasteiger partial charge in [-0.3, -0.25) is 9.59 Å². The molecule has 0 saturated carbocycles. The molecule has 0 aliphatic carbocycles. The molecule has 0 spiro atoms. The minimum absolute atomic E-state index is 0.0890. The predicted molar refractivity (Wildman–Crippen MR) is 95.3 cm³/mol. The molecule has 0 bridgehead atoms. The first-order valence-corrected chi connectivity index (χ1v) is 7.93. The van der Waals surface area contributed by atoms with Gasteiger partial charge in [-0.05, 0) is 30.2 Å². The van der Waals surface area contributed by atoms with Crippen molar-refractivity contribution in [2.45, 2.75) is 19.8 Å². The second-order valence-corrected chi connectivity index (χ2v) is 5.83. The summed E-state index contributed by atoms with van der Waals surface area (Å²) in [5.74, 6) is -0.763. The van der Waals surface area contributed by atoms with Gasteiger partial charge < -0.3 is 5.11 Å². The van der Waals surface area contributed by atoms with E-state index in [2.05, 4.69) is 21.1 Å². The van der Waals surface area contributed by atoms with Crippen LogP contribution < -0.4 is 10.9 Å². The summed E-state index contributed by atoms with van der Waals surface area (Å²) in [5, 5.41) is 19.6. The van der Waals surface area contributed by atoms with Crippen molar-refractivity contribution < 1.29 is 14.7 Å². The van der Waals surface area contributed by atoms with Crippen LogP contribution >= 0.6 is 0 Å². The molecule has 0 radical (unpaired) electrons. The lowest BCUT2D eigenvalue weighted by Crippen LogP contribution is -2.25. The van der Waals surface area contributed by atoms with Crippen molar-refractivity contribution in [3.63, 3.8) is 0 Å². The number of phenolic OH excluding ortho intramolecular Hbond substituents is 1. The molecule has 0 aromatic heterocycles. The third-order valence-corrected chi connectivity index (χ3v) is 4.15. The van der Waals surface area contributed by atoms with Crippen molar-refractivity contribution in [1.29, 1.82) is 0 Å².